The van der Waals surface area contributed by atoms with Crippen molar-refractivity contribution in [2.45, 2.75) is 13.8 Å². The van der Waals surface area contributed by atoms with E-state index in [2.05, 4.69) is 4.98 Å². The molecular weight excluding hydrogens is 267 g/mol. The van der Waals surface area contributed by atoms with Crippen LogP contribution in [0.3, 0.4) is 0 Å². The number of carbonyl (C=O) groups is 1. The van der Waals surface area contributed by atoms with Crippen molar-refractivity contribution in [2.24, 2.45) is 0 Å². The average Bonchev–Trinajstić information content (AvgIpc) is 2.75. The van der Waals surface area contributed by atoms with Crippen LogP contribution in [0.15, 0.2) is 24.3 Å². The zero-order valence-corrected chi connectivity index (χ0v) is 11.4. The Kier molecular flexibility index (Phi) is 3.80. The summed E-state index contributed by atoms with van der Waals surface area (Å²) < 4.78 is 13.8. The van der Waals surface area contributed by atoms with Crippen LogP contribution in [0.5, 0.6) is 0 Å². The lowest BCUT2D eigenvalue weighted by Gasteiger charge is -2.20. The summed E-state index contributed by atoms with van der Waals surface area (Å²) in [5, 5.41) is 9.52. The van der Waals surface area contributed by atoms with Gasteiger partial charge in [-0.05, 0) is 26.0 Å². The lowest BCUT2D eigenvalue weighted by molar-refractivity contribution is 0.0701. The Morgan fingerprint density at radius 1 is 1.47 bits per heavy atom. The predicted octanol–water partition coefficient (Wildman–Crippen LogP) is 3.45. The molecule has 1 N–H and O–H groups in total. The van der Waals surface area contributed by atoms with E-state index in [4.69, 9.17) is 5.11 Å². The molecule has 0 bridgehead atoms. The lowest BCUT2D eigenvalue weighted by Crippen LogP contribution is -2.17. The molecule has 19 heavy (non-hydrogen) atoms. The Labute approximate surface area is 114 Å². The minimum absolute atomic E-state index is 0.185. The van der Waals surface area contributed by atoms with Crippen molar-refractivity contribution < 1.29 is 14.3 Å². The van der Waals surface area contributed by atoms with Crippen LogP contribution in [0.25, 0.3) is 0 Å². The van der Waals surface area contributed by atoms with Crippen LogP contribution in [-0.4, -0.2) is 22.6 Å². The van der Waals surface area contributed by atoms with Crippen LogP contribution in [0, 0.1) is 12.7 Å². The molecule has 1 heterocycles. The fraction of sp³-hybridized carbons (Fsp3) is 0.231. The largest absolute Gasteiger partial charge is 0.477 e. The Balaban J connectivity index is 2.46. The van der Waals surface area contributed by atoms with Crippen molar-refractivity contribution in [2.75, 3.05) is 11.4 Å². The van der Waals surface area contributed by atoms with E-state index in [1.165, 1.54) is 6.07 Å². The summed E-state index contributed by atoms with van der Waals surface area (Å²) in [6.07, 6.45) is 0. The van der Waals surface area contributed by atoms with Crippen molar-refractivity contribution in [3.63, 3.8) is 0 Å². The Morgan fingerprint density at radius 3 is 2.68 bits per heavy atom. The predicted molar refractivity (Wildman–Crippen MR) is 72.9 cm³/mol. The van der Waals surface area contributed by atoms with Gasteiger partial charge in [-0.2, -0.15) is 0 Å². The van der Waals surface area contributed by atoms with E-state index in [1.54, 1.807) is 30.0 Å². The number of aryl methyl sites for hydroxylation is 1. The summed E-state index contributed by atoms with van der Waals surface area (Å²) in [7, 11) is 0. The maximum absolute atomic E-state index is 13.8. The minimum atomic E-state index is -1.01. The van der Waals surface area contributed by atoms with Crippen molar-refractivity contribution in [1.29, 1.82) is 0 Å². The smallest absolute Gasteiger partial charge is 0.347 e. The summed E-state index contributed by atoms with van der Waals surface area (Å²) in [6.45, 7) is 4.01. The van der Waals surface area contributed by atoms with E-state index in [9.17, 15) is 9.18 Å². The highest BCUT2D eigenvalue weighted by molar-refractivity contribution is 7.17. The first kappa shape index (κ1) is 13.5. The number of benzene rings is 1. The van der Waals surface area contributed by atoms with E-state index in [1.807, 2.05) is 6.92 Å². The van der Waals surface area contributed by atoms with Gasteiger partial charge in [0.25, 0.3) is 0 Å². The van der Waals surface area contributed by atoms with Gasteiger partial charge in [0.2, 0.25) is 0 Å². The molecule has 100 valence electrons. The summed E-state index contributed by atoms with van der Waals surface area (Å²) in [5.74, 6) is -1.36. The van der Waals surface area contributed by atoms with Gasteiger partial charge in [-0.25, -0.2) is 14.2 Å². The highest BCUT2D eigenvalue weighted by atomic mass is 32.1. The third-order valence-corrected chi connectivity index (χ3v) is 3.84. The summed E-state index contributed by atoms with van der Waals surface area (Å²) in [6, 6.07) is 6.37. The lowest BCUT2D eigenvalue weighted by atomic mass is 10.3. The second kappa shape index (κ2) is 5.36. The number of aromatic nitrogens is 1. The average molecular weight is 280 g/mol. The van der Waals surface area contributed by atoms with E-state index < -0.39 is 5.97 Å². The van der Waals surface area contributed by atoms with Gasteiger partial charge in [0.05, 0.1) is 11.4 Å². The molecule has 0 aliphatic carbocycles. The molecule has 0 aliphatic heterocycles. The number of hydrogen-bond donors (Lipinski definition) is 1. The molecule has 0 spiro atoms. The van der Waals surface area contributed by atoms with Crippen molar-refractivity contribution in [1.82, 2.24) is 4.98 Å². The van der Waals surface area contributed by atoms with Crippen molar-refractivity contribution in [3.05, 3.63) is 40.7 Å². The van der Waals surface area contributed by atoms with Gasteiger partial charge in [-0.15, -0.1) is 0 Å². The third kappa shape index (κ3) is 2.58. The molecule has 4 nitrogen and oxygen atoms in total. The van der Waals surface area contributed by atoms with E-state index in [-0.39, 0.29) is 10.7 Å². The molecule has 0 amide bonds. The Morgan fingerprint density at radius 2 is 2.16 bits per heavy atom. The number of rotatable bonds is 4. The van der Waals surface area contributed by atoms with Crippen LogP contribution < -0.4 is 4.90 Å². The summed E-state index contributed by atoms with van der Waals surface area (Å²) >= 11 is 1.05. The third-order valence-electron chi connectivity index (χ3n) is 2.67. The second-order valence-corrected chi connectivity index (χ2v) is 4.89. The molecule has 1 aromatic heterocycles. The van der Waals surface area contributed by atoms with Gasteiger partial charge >= 0.3 is 5.97 Å². The fourth-order valence-electron chi connectivity index (χ4n) is 1.78. The molecule has 0 radical (unpaired) electrons. The topological polar surface area (TPSA) is 53.4 Å². The zero-order chi connectivity index (χ0) is 14.0. The van der Waals surface area contributed by atoms with E-state index >= 15 is 0 Å². The van der Waals surface area contributed by atoms with Gasteiger partial charge in [0.15, 0.2) is 5.13 Å². The molecule has 0 aliphatic rings. The molecule has 0 atom stereocenters. The van der Waals surface area contributed by atoms with Gasteiger partial charge in [-0.3, -0.25) is 0 Å². The van der Waals surface area contributed by atoms with Crippen molar-refractivity contribution in [3.8, 4) is 0 Å². The molecule has 1 aromatic carbocycles. The molecular formula is C13H13FN2O2S. The highest BCUT2D eigenvalue weighted by Crippen LogP contribution is 2.32. The number of nitrogens with zero attached hydrogens (tertiary/aromatic N) is 2. The number of carboxylic acids is 1. The first-order valence-electron chi connectivity index (χ1n) is 5.77. The van der Waals surface area contributed by atoms with Crippen LogP contribution in [-0.2, 0) is 0 Å². The number of anilines is 2. The Bertz CT molecular complexity index is 612. The minimum Gasteiger partial charge on any atom is -0.477 e. The maximum Gasteiger partial charge on any atom is 0.347 e. The van der Waals surface area contributed by atoms with Crippen LogP contribution >= 0.6 is 11.3 Å². The number of para-hydroxylation sites is 1. The zero-order valence-electron chi connectivity index (χ0n) is 10.6. The normalized spacial score (nSPS) is 10.5. The number of aromatic carboxylic acids is 1. The molecule has 0 fully saturated rings. The molecule has 2 aromatic rings. The maximum atomic E-state index is 13.8. The standard InChI is InChI=1S/C13H13FN2O2S/c1-3-16(10-7-5-4-6-9(10)14)13-15-8(2)11(19-13)12(17)18/h4-7H,3H2,1-2H3,(H,17,18). The quantitative estimate of drug-likeness (QED) is 0.932. The SMILES string of the molecule is CCN(c1nc(C)c(C(=O)O)s1)c1ccccc1F. The number of thiazole rings is 1. The second-order valence-electron chi connectivity index (χ2n) is 3.91. The van der Waals surface area contributed by atoms with Crippen LogP contribution in [0.1, 0.15) is 22.3 Å². The van der Waals surface area contributed by atoms with Gasteiger partial charge in [0.1, 0.15) is 10.7 Å². The van der Waals surface area contributed by atoms with Gasteiger partial charge in [-0.1, -0.05) is 23.5 Å². The summed E-state index contributed by atoms with van der Waals surface area (Å²) in [5.41, 5.74) is 0.845. The van der Waals surface area contributed by atoms with E-state index in [0.717, 1.165) is 11.3 Å². The molecule has 6 heteroatoms. The first-order chi connectivity index (χ1) is 9.04. The molecule has 0 saturated heterocycles. The highest BCUT2D eigenvalue weighted by Gasteiger charge is 2.20. The summed E-state index contributed by atoms with van der Waals surface area (Å²) in [4.78, 5) is 17.1. The monoisotopic (exact) mass is 280 g/mol. The van der Waals surface area contributed by atoms with Crippen LogP contribution in [0.2, 0.25) is 0 Å². The number of carboxylic acid groups (broad SMARTS) is 1. The molecule has 0 saturated carbocycles. The number of halogens is 1. The molecule has 0 unspecified atom stereocenters. The van der Waals surface area contributed by atoms with Crippen LogP contribution in [0.4, 0.5) is 15.2 Å². The Hall–Kier alpha value is -1.95. The number of hydrogen-bond acceptors (Lipinski definition) is 4. The first-order valence-corrected chi connectivity index (χ1v) is 6.59. The van der Waals surface area contributed by atoms with Gasteiger partial charge < -0.3 is 10.0 Å². The van der Waals surface area contributed by atoms with Gasteiger partial charge in [0, 0.05) is 6.54 Å². The fourth-order valence-corrected chi connectivity index (χ4v) is 2.76. The van der Waals surface area contributed by atoms with Crippen molar-refractivity contribution >= 4 is 28.1 Å². The van der Waals surface area contributed by atoms with E-state index in [0.29, 0.717) is 23.1 Å². The molecule has 2 rings (SSSR count).